The summed E-state index contributed by atoms with van der Waals surface area (Å²) in [5.41, 5.74) is 0.137. The summed E-state index contributed by atoms with van der Waals surface area (Å²) in [6.07, 6.45) is 1.57. The van der Waals surface area contributed by atoms with E-state index in [-0.39, 0.29) is 23.4 Å². The number of oxazole rings is 1. The van der Waals surface area contributed by atoms with E-state index >= 15 is 0 Å². The molecule has 1 aromatic heterocycles. The highest BCUT2D eigenvalue weighted by atomic mass is 16.4. The van der Waals surface area contributed by atoms with Gasteiger partial charge in [-0.25, -0.2) is 9.78 Å². The van der Waals surface area contributed by atoms with Gasteiger partial charge in [-0.3, -0.25) is 4.79 Å². The number of rotatable bonds is 2. The largest absolute Gasteiger partial charge is 0.445 e. The Morgan fingerprint density at radius 2 is 1.83 bits per heavy atom. The summed E-state index contributed by atoms with van der Waals surface area (Å²) in [6, 6.07) is -0.0343. The normalized spacial score (nSPS) is 16.2. The number of carbonyl (C=O) groups excluding carboxylic acids is 2. The highest BCUT2D eigenvalue weighted by Crippen LogP contribution is 2.29. The predicted molar refractivity (Wildman–Crippen MR) is 91.1 cm³/mol. The lowest BCUT2D eigenvalue weighted by atomic mass is 9.97. The highest BCUT2D eigenvalue weighted by molar-refractivity contribution is 5.92. The Balaban J connectivity index is 1.99. The van der Waals surface area contributed by atoms with Crippen LogP contribution >= 0.6 is 0 Å². The first kappa shape index (κ1) is 18.3. The Morgan fingerprint density at radius 1 is 1.25 bits per heavy atom. The number of urea groups is 1. The molecule has 3 amide bonds. The minimum Gasteiger partial charge on any atom is -0.445 e. The minimum atomic E-state index is -0.241. The first-order valence-electron chi connectivity index (χ1n) is 8.34. The van der Waals surface area contributed by atoms with Gasteiger partial charge in [-0.2, -0.15) is 0 Å². The number of hydrogen-bond acceptors (Lipinski definition) is 4. The van der Waals surface area contributed by atoms with Crippen LogP contribution in [0.1, 0.15) is 61.7 Å². The summed E-state index contributed by atoms with van der Waals surface area (Å²) in [7, 11) is 3.39. The fourth-order valence-corrected chi connectivity index (χ4v) is 2.73. The molecule has 1 aliphatic rings. The highest BCUT2D eigenvalue weighted by Gasteiger charge is 2.30. The van der Waals surface area contributed by atoms with Gasteiger partial charge in [0.15, 0.2) is 11.6 Å². The van der Waals surface area contributed by atoms with Crippen molar-refractivity contribution in [3.8, 4) is 0 Å². The average Bonchev–Trinajstić information content (AvgIpc) is 2.86. The van der Waals surface area contributed by atoms with Crippen LogP contribution in [0.25, 0.3) is 0 Å². The lowest BCUT2D eigenvalue weighted by molar-refractivity contribution is 0.0821. The lowest BCUT2D eigenvalue weighted by Crippen LogP contribution is -2.50. The van der Waals surface area contributed by atoms with Gasteiger partial charge in [0.1, 0.15) is 5.76 Å². The number of likely N-dealkylation sites (tertiary alicyclic amines) is 1. The Labute approximate surface area is 143 Å². The maximum Gasteiger partial charge on any atom is 0.317 e. The third kappa shape index (κ3) is 4.27. The summed E-state index contributed by atoms with van der Waals surface area (Å²) >= 11 is 0. The second kappa shape index (κ2) is 6.83. The van der Waals surface area contributed by atoms with E-state index in [1.165, 1.54) is 4.90 Å². The summed E-state index contributed by atoms with van der Waals surface area (Å²) in [4.78, 5) is 32.0. The second-order valence-corrected chi connectivity index (χ2v) is 7.60. The summed E-state index contributed by atoms with van der Waals surface area (Å²) < 4.78 is 5.72. The number of nitrogens with one attached hydrogen (secondary N) is 1. The predicted octanol–water partition coefficient (Wildman–Crippen LogP) is 2.37. The van der Waals surface area contributed by atoms with Crippen LogP contribution in [-0.4, -0.2) is 59.4 Å². The molecule has 0 aromatic carbocycles. The maximum absolute atomic E-state index is 12.2. The van der Waals surface area contributed by atoms with Crippen LogP contribution in [-0.2, 0) is 0 Å². The zero-order chi connectivity index (χ0) is 18.1. The van der Waals surface area contributed by atoms with Crippen molar-refractivity contribution in [2.45, 2.75) is 52.0 Å². The third-order valence-corrected chi connectivity index (χ3v) is 4.04. The summed E-state index contributed by atoms with van der Waals surface area (Å²) in [6.45, 7) is 8.98. The molecule has 1 aliphatic heterocycles. The van der Waals surface area contributed by atoms with Crippen molar-refractivity contribution in [1.82, 2.24) is 20.1 Å². The van der Waals surface area contributed by atoms with Gasteiger partial charge in [-0.05, 0) is 40.5 Å². The van der Waals surface area contributed by atoms with Crippen LogP contribution in [0.4, 0.5) is 4.79 Å². The molecule has 24 heavy (non-hydrogen) atoms. The molecule has 7 nitrogen and oxygen atoms in total. The molecular formula is C17H28N4O3. The zero-order valence-electron chi connectivity index (χ0n) is 15.5. The van der Waals surface area contributed by atoms with E-state index in [1.807, 2.05) is 25.7 Å². The van der Waals surface area contributed by atoms with Crippen LogP contribution in [0.15, 0.2) is 4.42 Å². The SMILES string of the molecule is Cc1oc(C2CCN(C(=O)NC(C)(C)C)CC2)nc1C(=O)N(C)C. The summed E-state index contributed by atoms with van der Waals surface area (Å²) in [5.74, 6) is 1.15. The van der Waals surface area contributed by atoms with E-state index in [0.717, 1.165) is 12.8 Å². The molecule has 0 bridgehead atoms. The van der Waals surface area contributed by atoms with Gasteiger partial charge in [0.25, 0.3) is 5.91 Å². The van der Waals surface area contributed by atoms with Gasteiger partial charge >= 0.3 is 6.03 Å². The molecule has 0 radical (unpaired) electrons. The third-order valence-electron chi connectivity index (χ3n) is 4.04. The number of piperidine rings is 1. The van der Waals surface area contributed by atoms with E-state index in [1.54, 1.807) is 21.0 Å². The first-order chi connectivity index (χ1) is 11.1. The molecule has 134 valence electrons. The van der Waals surface area contributed by atoms with E-state index < -0.39 is 0 Å². The molecule has 1 aromatic rings. The van der Waals surface area contributed by atoms with Crippen LogP contribution < -0.4 is 5.32 Å². The molecule has 7 heteroatoms. The van der Waals surface area contributed by atoms with Crippen LogP contribution in [0.2, 0.25) is 0 Å². The molecule has 1 N–H and O–H groups in total. The van der Waals surface area contributed by atoms with E-state index in [0.29, 0.717) is 30.4 Å². The van der Waals surface area contributed by atoms with Gasteiger partial charge in [-0.1, -0.05) is 0 Å². The Bertz CT molecular complexity index is 608. The van der Waals surface area contributed by atoms with Crippen molar-refractivity contribution in [3.05, 3.63) is 17.3 Å². The van der Waals surface area contributed by atoms with Gasteiger partial charge in [0, 0.05) is 38.6 Å². The lowest BCUT2D eigenvalue weighted by Gasteiger charge is -2.33. The first-order valence-corrected chi connectivity index (χ1v) is 8.34. The number of aryl methyl sites for hydroxylation is 1. The van der Waals surface area contributed by atoms with Gasteiger partial charge in [-0.15, -0.1) is 0 Å². The summed E-state index contributed by atoms with van der Waals surface area (Å²) in [5, 5.41) is 2.98. The fourth-order valence-electron chi connectivity index (χ4n) is 2.73. The monoisotopic (exact) mass is 336 g/mol. The van der Waals surface area contributed by atoms with Crippen LogP contribution in [0, 0.1) is 6.92 Å². The van der Waals surface area contributed by atoms with Crippen LogP contribution in [0.3, 0.4) is 0 Å². The van der Waals surface area contributed by atoms with Crippen molar-refractivity contribution in [2.75, 3.05) is 27.2 Å². The molecular weight excluding hydrogens is 308 g/mol. The van der Waals surface area contributed by atoms with E-state index in [2.05, 4.69) is 10.3 Å². The van der Waals surface area contributed by atoms with Crippen molar-refractivity contribution < 1.29 is 14.0 Å². The Morgan fingerprint density at radius 3 is 2.33 bits per heavy atom. The molecule has 1 saturated heterocycles. The van der Waals surface area contributed by atoms with Crippen molar-refractivity contribution >= 4 is 11.9 Å². The number of aromatic nitrogens is 1. The number of nitrogens with zero attached hydrogens (tertiary/aromatic N) is 3. The van der Waals surface area contributed by atoms with Crippen molar-refractivity contribution in [2.24, 2.45) is 0 Å². The Hall–Kier alpha value is -2.05. The molecule has 2 heterocycles. The van der Waals surface area contributed by atoms with E-state index in [4.69, 9.17) is 4.42 Å². The second-order valence-electron chi connectivity index (χ2n) is 7.60. The van der Waals surface area contributed by atoms with Crippen LogP contribution in [0.5, 0.6) is 0 Å². The molecule has 0 aliphatic carbocycles. The minimum absolute atomic E-state index is 0.0343. The standard InChI is InChI=1S/C17H28N4O3/c1-11-13(15(22)20(5)6)18-14(24-11)12-7-9-21(10-8-12)16(23)19-17(2,3)4/h12H,7-10H2,1-6H3,(H,19,23). The number of hydrogen-bond donors (Lipinski definition) is 1. The van der Waals surface area contributed by atoms with E-state index in [9.17, 15) is 9.59 Å². The Kier molecular flexibility index (Phi) is 5.20. The van der Waals surface area contributed by atoms with Gasteiger partial charge in [0.05, 0.1) is 0 Å². The molecule has 0 unspecified atom stereocenters. The fraction of sp³-hybridized carbons (Fsp3) is 0.706. The quantitative estimate of drug-likeness (QED) is 0.899. The van der Waals surface area contributed by atoms with Crippen molar-refractivity contribution in [1.29, 1.82) is 0 Å². The molecule has 0 spiro atoms. The number of amides is 3. The zero-order valence-corrected chi connectivity index (χ0v) is 15.5. The number of carbonyl (C=O) groups is 2. The van der Waals surface area contributed by atoms with Gasteiger partial charge in [0.2, 0.25) is 0 Å². The topological polar surface area (TPSA) is 78.7 Å². The average molecular weight is 336 g/mol. The maximum atomic E-state index is 12.2. The van der Waals surface area contributed by atoms with Gasteiger partial charge < -0.3 is 19.5 Å². The van der Waals surface area contributed by atoms with Crippen molar-refractivity contribution in [3.63, 3.8) is 0 Å². The smallest absolute Gasteiger partial charge is 0.317 e. The molecule has 2 rings (SSSR count). The molecule has 0 saturated carbocycles. The molecule has 1 fully saturated rings. The molecule has 0 atom stereocenters.